The second-order valence-electron chi connectivity index (χ2n) is 5.44. The van der Waals surface area contributed by atoms with Crippen molar-refractivity contribution in [1.82, 2.24) is 9.97 Å². The first-order valence-corrected chi connectivity index (χ1v) is 9.54. The third-order valence-corrected chi connectivity index (χ3v) is 5.10. The molecule has 9 heteroatoms. The van der Waals surface area contributed by atoms with E-state index in [4.69, 9.17) is 0 Å². The number of ether oxygens (including phenoxy) is 1. The van der Waals surface area contributed by atoms with Gasteiger partial charge in [0.05, 0.1) is 16.4 Å². The minimum absolute atomic E-state index is 0.0811. The first kappa shape index (κ1) is 19.1. The minimum atomic E-state index is -2.86. The van der Waals surface area contributed by atoms with Crippen LogP contribution in [0.5, 0.6) is 5.75 Å². The summed E-state index contributed by atoms with van der Waals surface area (Å²) in [7, 11) is 0. The molecule has 3 aromatic rings. The van der Waals surface area contributed by atoms with Crippen molar-refractivity contribution in [2.75, 3.05) is 5.32 Å². The number of carbonyl (C=O) groups excluding carboxylic acids is 1. The van der Waals surface area contributed by atoms with E-state index < -0.39 is 6.61 Å². The van der Waals surface area contributed by atoms with Crippen LogP contribution in [0.3, 0.4) is 0 Å². The molecule has 2 heterocycles. The minimum Gasteiger partial charge on any atom is -0.435 e. The lowest BCUT2D eigenvalue weighted by Crippen LogP contribution is -2.07. The van der Waals surface area contributed by atoms with Crippen LogP contribution in [0.25, 0.3) is 17.3 Å². The molecule has 3 rings (SSSR count). The molecule has 2 aromatic heterocycles. The molecule has 27 heavy (non-hydrogen) atoms. The highest BCUT2D eigenvalue weighted by atomic mass is 32.1. The van der Waals surface area contributed by atoms with Gasteiger partial charge in [-0.05, 0) is 44.2 Å². The lowest BCUT2D eigenvalue weighted by atomic mass is 10.1. The molecule has 5 nitrogen and oxygen atoms in total. The Morgan fingerprint density at radius 2 is 1.96 bits per heavy atom. The quantitative estimate of drug-likeness (QED) is 0.575. The Kier molecular flexibility index (Phi) is 5.92. The molecule has 0 atom stereocenters. The van der Waals surface area contributed by atoms with Crippen LogP contribution in [0.1, 0.15) is 15.6 Å². The van der Waals surface area contributed by atoms with E-state index in [-0.39, 0.29) is 11.7 Å². The molecular formula is C18H15F2N3O2S2. The van der Waals surface area contributed by atoms with Crippen LogP contribution >= 0.6 is 22.7 Å². The number of carbonyl (C=O) groups is 1. The smallest absolute Gasteiger partial charge is 0.387 e. The molecule has 0 unspecified atom stereocenters. The van der Waals surface area contributed by atoms with Crippen molar-refractivity contribution >= 4 is 39.8 Å². The number of thiazole rings is 2. The average molecular weight is 407 g/mol. The topological polar surface area (TPSA) is 64.1 Å². The highest BCUT2D eigenvalue weighted by Gasteiger charge is 2.12. The van der Waals surface area contributed by atoms with Crippen molar-refractivity contribution in [2.45, 2.75) is 20.5 Å². The highest BCUT2D eigenvalue weighted by Crippen LogP contribution is 2.31. The van der Waals surface area contributed by atoms with Crippen LogP contribution in [-0.2, 0) is 4.79 Å². The zero-order valence-corrected chi connectivity index (χ0v) is 16.0. The molecule has 140 valence electrons. The third-order valence-electron chi connectivity index (χ3n) is 3.42. The van der Waals surface area contributed by atoms with Gasteiger partial charge in [0.15, 0.2) is 5.13 Å². The van der Waals surface area contributed by atoms with Crippen molar-refractivity contribution in [1.29, 1.82) is 0 Å². The number of anilines is 1. The molecule has 0 saturated heterocycles. The summed E-state index contributed by atoms with van der Waals surface area (Å²) in [6.07, 6.45) is 3.04. The van der Waals surface area contributed by atoms with Crippen molar-refractivity contribution in [2.24, 2.45) is 0 Å². The fourth-order valence-electron chi connectivity index (χ4n) is 2.28. The standard InChI is InChI=1S/C18H15F2N3O2S2/c1-10-16(12-3-6-14(7-4-12)25-17(19)20)23-18(27-10)22-15(24)8-5-13-9-26-11(2)21-13/h3-9,17H,1-2H3,(H,22,23,24)/b8-5+. The number of amides is 1. The number of aryl methyl sites for hydroxylation is 2. The van der Waals surface area contributed by atoms with E-state index in [0.29, 0.717) is 10.8 Å². The summed E-state index contributed by atoms with van der Waals surface area (Å²) in [6.45, 7) is 0.911. The molecule has 1 amide bonds. The van der Waals surface area contributed by atoms with Crippen LogP contribution in [0.4, 0.5) is 13.9 Å². The lowest BCUT2D eigenvalue weighted by molar-refractivity contribution is -0.111. The summed E-state index contributed by atoms with van der Waals surface area (Å²) in [4.78, 5) is 21.6. The van der Waals surface area contributed by atoms with Crippen molar-refractivity contribution < 1.29 is 18.3 Å². The van der Waals surface area contributed by atoms with E-state index in [1.165, 1.54) is 40.9 Å². The number of alkyl halides is 2. The van der Waals surface area contributed by atoms with Gasteiger partial charge in [-0.15, -0.1) is 22.7 Å². The molecule has 1 aromatic carbocycles. The van der Waals surface area contributed by atoms with Crippen LogP contribution in [0.15, 0.2) is 35.7 Å². The Balaban J connectivity index is 1.68. The van der Waals surface area contributed by atoms with Gasteiger partial charge >= 0.3 is 6.61 Å². The highest BCUT2D eigenvalue weighted by molar-refractivity contribution is 7.16. The number of halogens is 2. The van der Waals surface area contributed by atoms with E-state index in [2.05, 4.69) is 20.0 Å². The zero-order valence-electron chi connectivity index (χ0n) is 14.4. The van der Waals surface area contributed by atoms with E-state index in [1.54, 1.807) is 18.2 Å². The normalized spacial score (nSPS) is 11.3. The number of nitrogens with one attached hydrogen (secondary N) is 1. The average Bonchev–Trinajstić information content (AvgIpc) is 3.19. The van der Waals surface area contributed by atoms with Crippen LogP contribution in [-0.4, -0.2) is 22.5 Å². The van der Waals surface area contributed by atoms with Crippen LogP contribution in [0.2, 0.25) is 0 Å². The fourth-order valence-corrected chi connectivity index (χ4v) is 3.70. The van der Waals surface area contributed by atoms with Gasteiger partial charge in [-0.25, -0.2) is 9.97 Å². The van der Waals surface area contributed by atoms with Gasteiger partial charge in [-0.3, -0.25) is 10.1 Å². The van der Waals surface area contributed by atoms with Crippen molar-refractivity contribution in [3.63, 3.8) is 0 Å². The first-order chi connectivity index (χ1) is 12.9. The lowest BCUT2D eigenvalue weighted by Gasteiger charge is -2.05. The molecule has 0 saturated carbocycles. The molecule has 0 bridgehead atoms. The molecule has 0 fully saturated rings. The Bertz CT molecular complexity index is 965. The SMILES string of the molecule is Cc1nc(/C=C/C(=O)Nc2nc(-c3ccc(OC(F)F)cc3)c(C)s2)cs1. The first-order valence-electron chi connectivity index (χ1n) is 7.84. The molecule has 0 spiro atoms. The fraction of sp³-hybridized carbons (Fsp3) is 0.167. The van der Waals surface area contributed by atoms with Crippen LogP contribution < -0.4 is 10.1 Å². The Hall–Kier alpha value is -2.65. The third kappa shape index (κ3) is 5.18. The van der Waals surface area contributed by atoms with Crippen molar-refractivity contribution in [3.8, 4) is 17.0 Å². The van der Waals surface area contributed by atoms with E-state index in [0.717, 1.165) is 21.1 Å². The summed E-state index contributed by atoms with van der Waals surface area (Å²) < 4.78 is 28.8. The Morgan fingerprint density at radius 3 is 2.59 bits per heavy atom. The summed E-state index contributed by atoms with van der Waals surface area (Å²) in [5.41, 5.74) is 2.16. The van der Waals surface area contributed by atoms with Crippen molar-refractivity contribution in [3.05, 3.63) is 51.3 Å². The number of nitrogens with zero attached hydrogens (tertiary/aromatic N) is 2. The van der Waals surface area contributed by atoms with Gasteiger partial charge in [0, 0.05) is 21.9 Å². The maximum absolute atomic E-state index is 12.2. The molecule has 0 aliphatic rings. The van der Waals surface area contributed by atoms with Gasteiger partial charge < -0.3 is 4.74 Å². The van der Waals surface area contributed by atoms with Crippen LogP contribution in [0, 0.1) is 13.8 Å². The van der Waals surface area contributed by atoms with Gasteiger partial charge in [0.1, 0.15) is 5.75 Å². The predicted octanol–water partition coefficient (Wildman–Crippen LogP) is 5.14. The van der Waals surface area contributed by atoms with Gasteiger partial charge in [0.2, 0.25) is 5.91 Å². The summed E-state index contributed by atoms with van der Waals surface area (Å²) in [5.74, 6) is -0.223. The Morgan fingerprint density at radius 1 is 1.22 bits per heavy atom. The number of aromatic nitrogens is 2. The summed E-state index contributed by atoms with van der Waals surface area (Å²) in [6, 6.07) is 6.21. The second kappa shape index (κ2) is 8.36. The molecular weight excluding hydrogens is 392 g/mol. The predicted molar refractivity (Wildman–Crippen MR) is 103 cm³/mol. The van der Waals surface area contributed by atoms with E-state index in [1.807, 2.05) is 19.2 Å². The molecule has 0 aliphatic heterocycles. The maximum atomic E-state index is 12.2. The second-order valence-corrected chi connectivity index (χ2v) is 7.71. The van der Waals surface area contributed by atoms with Gasteiger partial charge in [-0.1, -0.05) is 0 Å². The number of hydrogen-bond donors (Lipinski definition) is 1. The maximum Gasteiger partial charge on any atom is 0.387 e. The molecule has 1 N–H and O–H groups in total. The molecule has 0 radical (unpaired) electrons. The van der Waals surface area contributed by atoms with E-state index >= 15 is 0 Å². The largest absolute Gasteiger partial charge is 0.435 e. The summed E-state index contributed by atoms with van der Waals surface area (Å²) >= 11 is 2.85. The number of benzene rings is 1. The number of rotatable bonds is 6. The summed E-state index contributed by atoms with van der Waals surface area (Å²) in [5, 5.41) is 5.98. The Labute approximate surface area is 162 Å². The molecule has 0 aliphatic carbocycles. The number of hydrogen-bond acceptors (Lipinski definition) is 6. The monoisotopic (exact) mass is 407 g/mol. The van der Waals surface area contributed by atoms with E-state index in [9.17, 15) is 13.6 Å². The zero-order chi connectivity index (χ0) is 19.4. The van der Waals surface area contributed by atoms with Gasteiger partial charge in [-0.2, -0.15) is 8.78 Å². The van der Waals surface area contributed by atoms with Gasteiger partial charge in [0.25, 0.3) is 0 Å².